The molecule has 0 rings (SSSR count). The molecular weight excluding hydrogens is 168 g/mol. The van der Waals surface area contributed by atoms with E-state index in [9.17, 15) is 10.2 Å². The highest BCUT2D eigenvalue weighted by atomic mass is 16.3. The fourth-order valence-corrected chi connectivity index (χ4v) is 1.35. The van der Waals surface area contributed by atoms with Crippen LogP contribution in [0.25, 0.3) is 0 Å². The summed E-state index contributed by atoms with van der Waals surface area (Å²) in [4.78, 5) is 0. The molecule has 3 heteroatoms. The van der Waals surface area contributed by atoms with Crippen molar-refractivity contribution in [1.29, 1.82) is 0 Å². The second-order valence-electron chi connectivity index (χ2n) is 4.24. The molecule has 1 unspecified atom stereocenters. The smallest absolute Gasteiger partial charge is 0.0616 e. The molecular formula is C10H22O3. The van der Waals surface area contributed by atoms with Crippen LogP contribution in [0.4, 0.5) is 0 Å². The molecule has 1 atom stereocenters. The maximum Gasteiger partial charge on any atom is 0.0616 e. The number of rotatable bonds is 7. The number of unbranched alkanes of at least 4 members (excludes halogenated alkanes) is 2. The lowest BCUT2D eigenvalue weighted by Crippen LogP contribution is -2.26. The zero-order valence-electron chi connectivity index (χ0n) is 8.66. The molecule has 80 valence electrons. The van der Waals surface area contributed by atoms with Gasteiger partial charge in [0.25, 0.3) is 0 Å². The molecule has 3 N–H and O–H groups in total. The van der Waals surface area contributed by atoms with Crippen molar-refractivity contribution in [1.82, 2.24) is 0 Å². The van der Waals surface area contributed by atoms with Crippen molar-refractivity contribution >= 4 is 0 Å². The van der Waals surface area contributed by atoms with Crippen molar-refractivity contribution in [3.8, 4) is 0 Å². The minimum atomic E-state index is -0.781. The van der Waals surface area contributed by atoms with E-state index in [0.717, 1.165) is 19.3 Å². The molecule has 0 aliphatic carbocycles. The van der Waals surface area contributed by atoms with Gasteiger partial charge in [-0.3, -0.25) is 0 Å². The molecule has 0 amide bonds. The molecule has 0 aromatic heterocycles. The lowest BCUT2D eigenvalue weighted by Gasteiger charge is -2.20. The fourth-order valence-electron chi connectivity index (χ4n) is 1.35. The van der Waals surface area contributed by atoms with Crippen LogP contribution in [0.3, 0.4) is 0 Å². The Kier molecular flexibility index (Phi) is 6.29. The summed E-state index contributed by atoms with van der Waals surface area (Å²) < 4.78 is 0. The molecule has 0 aliphatic rings. The summed E-state index contributed by atoms with van der Waals surface area (Å²) >= 11 is 0. The Morgan fingerprint density at radius 3 is 2.23 bits per heavy atom. The monoisotopic (exact) mass is 190 g/mol. The highest BCUT2D eigenvalue weighted by Gasteiger charge is 2.17. The van der Waals surface area contributed by atoms with Gasteiger partial charge in [0.15, 0.2) is 0 Å². The number of aliphatic hydroxyl groups is 3. The van der Waals surface area contributed by atoms with Gasteiger partial charge in [-0.1, -0.05) is 12.8 Å². The van der Waals surface area contributed by atoms with Crippen molar-refractivity contribution in [2.75, 3.05) is 6.61 Å². The van der Waals surface area contributed by atoms with Crippen LogP contribution in [0.15, 0.2) is 0 Å². The van der Waals surface area contributed by atoms with E-state index in [-0.39, 0.29) is 6.61 Å². The van der Waals surface area contributed by atoms with E-state index in [2.05, 4.69) is 0 Å². The van der Waals surface area contributed by atoms with E-state index in [1.807, 2.05) is 0 Å². The normalized spacial score (nSPS) is 14.5. The zero-order valence-corrected chi connectivity index (χ0v) is 8.66. The summed E-state index contributed by atoms with van der Waals surface area (Å²) in [7, 11) is 0. The fraction of sp³-hybridized carbons (Fsp3) is 1.00. The van der Waals surface area contributed by atoms with Crippen LogP contribution in [0.2, 0.25) is 0 Å². The number of aliphatic hydroxyl groups excluding tert-OH is 2. The number of hydrogen-bond acceptors (Lipinski definition) is 3. The van der Waals surface area contributed by atoms with E-state index in [0.29, 0.717) is 12.8 Å². The molecule has 0 saturated heterocycles. The average molecular weight is 190 g/mol. The van der Waals surface area contributed by atoms with Crippen molar-refractivity contribution in [2.24, 2.45) is 0 Å². The molecule has 0 saturated carbocycles. The van der Waals surface area contributed by atoms with Crippen LogP contribution in [0.5, 0.6) is 0 Å². The van der Waals surface area contributed by atoms with Gasteiger partial charge in [0.05, 0.1) is 11.7 Å². The minimum absolute atomic E-state index is 0.224. The van der Waals surface area contributed by atoms with E-state index in [1.165, 1.54) is 0 Å². The Bertz CT molecular complexity index is 118. The first-order chi connectivity index (χ1) is 5.95. The summed E-state index contributed by atoms with van der Waals surface area (Å²) in [5, 5.41) is 27.4. The molecule has 13 heavy (non-hydrogen) atoms. The van der Waals surface area contributed by atoms with Crippen LogP contribution >= 0.6 is 0 Å². The maximum atomic E-state index is 9.46. The van der Waals surface area contributed by atoms with Crippen LogP contribution in [0.1, 0.15) is 46.0 Å². The maximum absolute atomic E-state index is 9.46. The van der Waals surface area contributed by atoms with Crippen molar-refractivity contribution in [3.63, 3.8) is 0 Å². The Balaban J connectivity index is 3.35. The largest absolute Gasteiger partial charge is 0.396 e. The van der Waals surface area contributed by atoms with Crippen LogP contribution in [-0.4, -0.2) is 33.6 Å². The van der Waals surface area contributed by atoms with E-state index < -0.39 is 11.7 Å². The summed E-state index contributed by atoms with van der Waals surface area (Å²) in [6.45, 7) is 3.62. The van der Waals surface area contributed by atoms with Gasteiger partial charge in [-0.25, -0.2) is 0 Å². The van der Waals surface area contributed by atoms with Crippen LogP contribution in [-0.2, 0) is 0 Å². The van der Waals surface area contributed by atoms with Gasteiger partial charge < -0.3 is 15.3 Å². The molecule has 0 aromatic rings. The molecule has 0 aliphatic heterocycles. The van der Waals surface area contributed by atoms with Gasteiger partial charge in [-0.15, -0.1) is 0 Å². The van der Waals surface area contributed by atoms with Crippen molar-refractivity contribution < 1.29 is 15.3 Å². The third kappa shape index (κ3) is 9.80. The highest BCUT2D eigenvalue weighted by Crippen LogP contribution is 2.15. The van der Waals surface area contributed by atoms with Gasteiger partial charge in [0.1, 0.15) is 0 Å². The van der Waals surface area contributed by atoms with Gasteiger partial charge >= 0.3 is 0 Å². The quantitative estimate of drug-likeness (QED) is 0.526. The van der Waals surface area contributed by atoms with Gasteiger partial charge in [-0.2, -0.15) is 0 Å². The molecule has 3 nitrogen and oxygen atoms in total. The summed E-state index contributed by atoms with van der Waals surface area (Å²) in [5.74, 6) is 0. The molecule has 0 heterocycles. The third-order valence-corrected chi connectivity index (χ3v) is 1.93. The Labute approximate surface area is 80.4 Å². The Morgan fingerprint density at radius 2 is 1.77 bits per heavy atom. The Morgan fingerprint density at radius 1 is 1.15 bits per heavy atom. The lowest BCUT2D eigenvalue weighted by molar-refractivity contribution is 0.0149. The van der Waals surface area contributed by atoms with Crippen molar-refractivity contribution in [2.45, 2.75) is 57.7 Å². The van der Waals surface area contributed by atoms with Crippen LogP contribution in [0, 0.1) is 0 Å². The molecule has 0 radical (unpaired) electrons. The summed E-state index contributed by atoms with van der Waals surface area (Å²) in [6.07, 6.45) is 3.38. The summed E-state index contributed by atoms with van der Waals surface area (Å²) in [5.41, 5.74) is -0.781. The zero-order chi connectivity index (χ0) is 10.3. The van der Waals surface area contributed by atoms with Gasteiger partial charge in [0, 0.05) is 13.0 Å². The first-order valence-corrected chi connectivity index (χ1v) is 4.97. The molecule has 0 aromatic carbocycles. The molecule has 0 fully saturated rings. The highest BCUT2D eigenvalue weighted by molar-refractivity contribution is 4.70. The lowest BCUT2D eigenvalue weighted by atomic mass is 9.97. The van der Waals surface area contributed by atoms with Gasteiger partial charge in [0.2, 0.25) is 0 Å². The SMILES string of the molecule is CC(C)(O)CC(O)CCCCCO. The summed E-state index contributed by atoms with van der Waals surface area (Å²) in [6, 6.07) is 0. The standard InChI is InChI=1S/C10H22O3/c1-10(2,13)8-9(12)6-4-3-5-7-11/h9,11-13H,3-8H2,1-2H3. The molecule has 0 bridgehead atoms. The number of hydrogen-bond donors (Lipinski definition) is 3. The Hall–Kier alpha value is -0.120. The topological polar surface area (TPSA) is 60.7 Å². The van der Waals surface area contributed by atoms with Crippen molar-refractivity contribution in [3.05, 3.63) is 0 Å². The second kappa shape index (κ2) is 6.35. The second-order valence-corrected chi connectivity index (χ2v) is 4.24. The average Bonchev–Trinajstić information content (AvgIpc) is 1.94. The predicted octanol–water partition coefficient (Wildman–Crippen LogP) is 1.06. The van der Waals surface area contributed by atoms with Crippen LogP contribution < -0.4 is 0 Å². The molecule has 0 spiro atoms. The third-order valence-electron chi connectivity index (χ3n) is 1.93. The van der Waals surface area contributed by atoms with E-state index >= 15 is 0 Å². The minimum Gasteiger partial charge on any atom is -0.396 e. The first-order valence-electron chi connectivity index (χ1n) is 4.97. The first kappa shape index (κ1) is 12.9. The predicted molar refractivity (Wildman–Crippen MR) is 52.5 cm³/mol. The van der Waals surface area contributed by atoms with Gasteiger partial charge in [-0.05, 0) is 26.7 Å². The van der Waals surface area contributed by atoms with E-state index in [1.54, 1.807) is 13.8 Å². The van der Waals surface area contributed by atoms with E-state index in [4.69, 9.17) is 5.11 Å².